The maximum Gasteiger partial charge on any atom is 0.275 e. The van der Waals surface area contributed by atoms with E-state index in [2.05, 4.69) is 48.8 Å². The average molecular weight is 619 g/mol. The predicted molar refractivity (Wildman–Crippen MR) is 153 cm³/mol. The van der Waals surface area contributed by atoms with E-state index in [4.69, 9.17) is 15.3 Å². The molecular weight excluding hydrogens is 596 g/mol. The van der Waals surface area contributed by atoms with Gasteiger partial charge in [-0.05, 0) is 42.5 Å². The van der Waals surface area contributed by atoms with Gasteiger partial charge in [0, 0.05) is 41.4 Å². The van der Waals surface area contributed by atoms with Crippen molar-refractivity contribution in [2.24, 2.45) is 15.3 Å². The number of ether oxygens (including phenoxy) is 1. The van der Waals surface area contributed by atoms with Crippen LogP contribution in [0.15, 0.2) is 80.5 Å². The number of nitro groups is 1. The molecule has 3 rings (SSSR count). The Balaban J connectivity index is 2.02. The van der Waals surface area contributed by atoms with Crippen LogP contribution in [0.2, 0.25) is 0 Å². The lowest BCUT2D eigenvalue weighted by molar-refractivity contribution is -0.384. The van der Waals surface area contributed by atoms with Crippen LogP contribution in [0, 0.1) is 32.8 Å². The number of non-ortho nitro benzene ring substituents is 1. The molecule has 0 spiro atoms. The molecule has 0 aliphatic carbocycles. The Morgan fingerprint density at radius 2 is 1.76 bits per heavy atom. The number of nitrogens with one attached hydrogen (secondary N) is 1. The summed E-state index contributed by atoms with van der Waals surface area (Å²) in [6, 6.07) is 18.9. The van der Waals surface area contributed by atoms with Crippen LogP contribution < -0.4 is 15.1 Å². The number of nitro benzene ring substituents is 1. The third-order valence-corrected chi connectivity index (χ3v) is 6.06. The Kier molecular flexibility index (Phi) is 10.8. The molecule has 208 valence electrons. The number of nitriles is 2. The van der Waals surface area contributed by atoms with Gasteiger partial charge in [-0.1, -0.05) is 15.9 Å². The number of rotatable bonds is 11. The molecule has 2 N–H and O–H groups in total. The highest BCUT2D eigenvalue weighted by Crippen LogP contribution is 2.28. The molecule has 0 saturated carbocycles. The van der Waals surface area contributed by atoms with Crippen molar-refractivity contribution in [3.05, 3.63) is 86.4 Å². The second-order valence-corrected chi connectivity index (χ2v) is 9.11. The SMILES string of the molecule is COc1cc(N(CCC#N)CCC#N)ccc1/C(N=Nc1ccc([N+](=O)[O-])cc1)=N/NC(=O)c1cc(Br)ccc1O. The van der Waals surface area contributed by atoms with E-state index in [0.29, 0.717) is 34.6 Å². The van der Waals surface area contributed by atoms with Gasteiger partial charge in [-0.3, -0.25) is 14.9 Å². The number of aromatic hydroxyl groups is 1. The van der Waals surface area contributed by atoms with Gasteiger partial charge in [0.2, 0.25) is 5.84 Å². The average Bonchev–Trinajstić information content (AvgIpc) is 2.98. The third-order valence-electron chi connectivity index (χ3n) is 5.57. The molecule has 1 amide bonds. The Morgan fingerprint density at radius 3 is 2.37 bits per heavy atom. The fourth-order valence-electron chi connectivity index (χ4n) is 3.54. The molecule has 13 nitrogen and oxygen atoms in total. The normalized spacial score (nSPS) is 11.0. The van der Waals surface area contributed by atoms with Crippen molar-refractivity contribution in [3.63, 3.8) is 0 Å². The molecule has 3 aromatic carbocycles. The number of anilines is 1. The number of amidine groups is 1. The number of hydrogen-bond acceptors (Lipinski definition) is 10. The minimum absolute atomic E-state index is 0.0391. The van der Waals surface area contributed by atoms with Gasteiger partial charge < -0.3 is 14.7 Å². The zero-order valence-corrected chi connectivity index (χ0v) is 23.3. The van der Waals surface area contributed by atoms with Crippen LogP contribution in [0.5, 0.6) is 11.5 Å². The largest absolute Gasteiger partial charge is 0.507 e. The van der Waals surface area contributed by atoms with Gasteiger partial charge in [-0.2, -0.15) is 10.5 Å². The number of benzene rings is 3. The molecule has 0 radical (unpaired) electrons. The number of methoxy groups -OCH3 is 1. The van der Waals surface area contributed by atoms with Crippen molar-refractivity contribution < 1.29 is 19.6 Å². The van der Waals surface area contributed by atoms with Crippen molar-refractivity contribution in [1.82, 2.24) is 5.43 Å². The third kappa shape index (κ3) is 8.32. The van der Waals surface area contributed by atoms with Gasteiger partial charge in [0.15, 0.2) is 0 Å². The predicted octanol–water partition coefficient (Wildman–Crippen LogP) is 5.58. The van der Waals surface area contributed by atoms with Crippen LogP contribution in [-0.2, 0) is 0 Å². The number of amides is 1. The quantitative estimate of drug-likeness (QED) is 0.0914. The first-order chi connectivity index (χ1) is 19.8. The van der Waals surface area contributed by atoms with Crippen LogP contribution in [0.25, 0.3) is 0 Å². The summed E-state index contributed by atoms with van der Waals surface area (Å²) in [6.07, 6.45) is 0.500. The molecule has 0 saturated heterocycles. The Bertz CT molecular complexity index is 1540. The van der Waals surface area contributed by atoms with Crippen molar-refractivity contribution in [3.8, 4) is 23.6 Å². The summed E-state index contributed by atoms with van der Waals surface area (Å²) < 4.78 is 6.14. The first-order valence-corrected chi connectivity index (χ1v) is 12.8. The highest BCUT2D eigenvalue weighted by Gasteiger charge is 2.17. The molecule has 0 aromatic heterocycles. The zero-order chi connectivity index (χ0) is 29.8. The number of phenols is 1. The first kappa shape index (κ1) is 30.2. The topological polar surface area (TPSA) is 190 Å². The Labute approximate surface area is 243 Å². The number of carbonyl (C=O) groups excluding carboxylic acids is 1. The van der Waals surface area contributed by atoms with E-state index in [1.54, 1.807) is 24.3 Å². The Hall–Kier alpha value is -5.34. The fourth-order valence-corrected chi connectivity index (χ4v) is 3.90. The van der Waals surface area contributed by atoms with E-state index in [9.17, 15) is 20.0 Å². The van der Waals surface area contributed by atoms with Crippen molar-refractivity contribution in [2.45, 2.75) is 12.8 Å². The van der Waals surface area contributed by atoms with E-state index < -0.39 is 10.8 Å². The van der Waals surface area contributed by atoms with Crippen molar-refractivity contribution >= 4 is 44.7 Å². The standard InChI is InChI=1S/C27H23BrN8O5/c1-41-25-17-21(35(14-2-12-29)15-3-13-30)9-10-22(25)26(32-31-19-5-7-20(8-6-19)36(39)40)33-34-27(38)23-16-18(28)4-11-24(23)37/h4-11,16-17,37H,2-3,14-15H2,1H3,(H,34,38)/b32-31?,33-26-. The summed E-state index contributed by atoms with van der Waals surface area (Å²) in [4.78, 5) is 25.1. The van der Waals surface area contributed by atoms with E-state index in [1.807, 2.05) is 4.90 Å². The fraction of sp³-hybridized carbons (Fsp3) is 0.185. The van der Waals surface area contributed by atoms with Crippen molar-refractivity contribution in [2.75, 3.05) is 25.1 Å². The summed E-state index contributed by atoms with van der Waals surface area (Å²) in [7, 11) is 1.43. The molecule has 0 heterocycles. The Morgan fingerprint density at radius 1 is 1.07 bits per heavy atom. The molecule has 0 bridgehead atoms. The maximum absolute atomic E-state index is 12.8. The van der Waals surface area contributed by atoms with E-state index >= 15 is 0 Å². The molecule has 0 fully saturated rings. The van der Waals surface area contributed by atoms with Crippen LogP contribution in [0.4, 0.5) is 17.1 Å². The van der Waals surface area contributed by atoms with Gasteiger partial charge in [-0.25, -0.2) is 5.43 Å². The lowest BCUT2D eigenvalue weighted by Crippen LogP contribution is -2.25. The van der Waals surface area contributed by atoms with E-state index in [1.165, 1.54) is 43.5 Å². The summed E-state index contributed by atoms with van der Waals surface area (Å²) in [5, 5.41) is 51.5. The number of phenolic OH excluding ortho intramolecular Hbond substituents is 1. The van der Waals surface area contributed by atoms with Gasteiger partial charge >= 0.3 is 0 Å². The summed E-state index contributed by atoms with van der Waals surface area (Å²) in [5.74, 6) is -0.745. The molecule has 0 atom stereocenters. The first-order valence-electron chi connectivity index (χ1n) is 12.0. The maximum atomic E-state index is 12.8. The van der Waals surface area contributed by atoms with Gasteiger partial charge in [0.1, 0.15) is 11.5 Å². The lowest BCUT2D eigenvalue weighted by Gasteiger charge is -2.23. The summed E-state index contributed by atoms with van der Waals surface area (Å²) in [5.41, 5.74) is 3.51. The molecule has 41 heavy (non-hydrogen) atoms. The minimum Gasteiger partial charge on any atom is -0.507 e. The van der Waals surface area contributed by atoms with Crippen LogP contribution in [-0.4, -0.2) is 42.0 Å². The van der Waals surface area contributed by atoms with Gasteiger partial charge in [-0.15, -0.1) is 15.3 Å². The van der Waals surface area contributed by atoms with Crippen molar-refractivity contribution in [1.29, 1.82) is 10.5 Å². The number of azo groups is 1. The van der Waals surface area contributed by atoms with Gasteiger partial charge in [0.25, 0.3) is 11.6 Å². The molecule has 0 aliphatic heterocycles. The van der Waals surface area contributed by atoms with Crippen LogP contribution in [0.1, 0.15) is 28.8 Å². The van der Waals surface area contributed by atoms with Crippen LogP contribution in [0.3, 0.4) is 0 Å². The van der Waals surface area contributed by atoms with E-state index in [0.717, 1.165) is 0 Å². The molecular formula is C27H23BrN8O5. The highest BCUT2D eigenvalue weighted by molar-refractivity contribution is 9.10. The second-order valence-electron chi connectivity index (χ2n) is 8.20. The zero-order valence-electron chi connectivity index (χ0n) is 21.7. The number of halogens is 1. The number of carbonyl (C=O) groups is 1. The molecule has 0 unspecified atom stereocenters. The van der Waals surface area contributed by atoms with Crippen LogP contribution >= 0.6 is 15.9 Å². The number of hydrogen-bond donors (Lipinski definition) is 2. The van der Waals surface area contributed by atoms with E-state index in [-0.39, 0.29) is 41.4 Å². The molecule has 14 heteroatoms. The number of nitrogens with zero attached hydrogens (tertiary/aromatic N) is 7. The molecule has 0 aliphatic rings. The van der Waals surface area contributed by atoms with Gasteiger partial charge in [0.05, 0.1) is 53.8 Å². The monoisotopic (exact) mass is 618 g/mol. The number of hydrazone groups is 1. The lowest BCUT2D eigenvalue weighted by atomic mass is 10.1. The second kappa shape index (κ2) is 14.7. The summed E-state index contributed by atoms with van der Waals surface area (Å²) >= 11 is 3.26. The minimum atomic E-state index is -0.721. The smallest absolute Gasteiger partial charge is 0.275 e. The highest BCUT2D eigenvalue weighted by atomic mass is 79.9. The molecule has 3 aromatic rings. The summed E-state index contributed by atoms with van der Waals surface area (Å²) in [6.45, 7) is 0.793.